The Labute approximate surface area is 101 Å². The van der Waals surface area contributed by atoms with Gasteiger partial charge in [-0.15, -0.1) is 6.58 Å². The molecule has 0 spiro atoms. The summed E-state index contributed by atoms with van der Waals surface area (Å²) < 4.78 is 5.18. The van der Waals surface area contributed by atoms with Crippen LogP contribution in [-0.2, 0) is 9.53 Å². The summed E-state index contributed by atoms with van der Waals surface area (Å²) in [5.41, 5.74) is -0.619. The number of nitrogens with zero attached hydrogens (tertiary/aromatic N) is 1. The Bertz CT molecular complexity index is 332. The van der Waals surface area contributed by atoms with E-state index in [0.717, 1.165) is 0 Å². The Morgan fingerprint density at radius 1 is 1.47 bits per heavy atom. The molecule has 0 aromatic carbocycles. The molecule has 1 aliphatic rings. The summed E-state index contributed by atoms with van der Waals surface area (Å²) in [6.07, 6.45) is 1.51. The number of ether oxygens (including phenoxy) is 1. The molecule has 1 fully saturated rings. The van der Waals surface area contributed by atoms with Crippen LogP contribution in [0.4, 0.5) is 4.79 Å². The molecule has 0 radical (unpaired) electrons. The third-order valence-corrected chi connectivity index (χ3v) is 2.58. The molecule has 1 N–H and O–H groups in total. The standard InChI is InChI=1S/C12H19NO4/c1-5-8-6-9(10(14)15)13(7-8)11(16)17-12(2,3)4/h5,8-9H,1,6-7H2,2-4H3,(H,14,15)/t8?,9-/m0/s1. The molecule has 0 aromatic rings. The number of carbonyl (C=O) groups excluding carboxylic acids is 1. The van der Waals surface area contributed by atoms with Gasteiger partial charge in [-0.1, -0.05) is 6.08 Å². The zero-order valence-electron chi connectivity index (χ0n) is 10.5. The first kappa shape index (κ1) is 13.5. The average molecular weight is 241 g/mol. The Morgan fingerprint density at radius 3 is 2.47 bits per heavy atom. The number of carboxylic acid groups (broad SMARTS) is 1. The number of amides is 1. The van der Waals surface area contributed by atoms with E-state index in [1.807, 2.05) is 0 Å². The van der Waals surface area contributed by atoms with E-state index in [1.54, 1.807) is 26.8 Å². The second kappa shape index (κ2) is 4.77. The van der Waals surface area contributed by atoms with Gasteiger partial charge in [0, 0.05) is 6.54 Å². The molecular weight excluding hydrogens is 222 g/mol. The summed E-state index contributed by atoms with van der Waals surface area (Å²) in [4.78, 5) is 24.2. The summed E-state index contributed by atoms with van der Waals surface area (Å²) in [5.74, 6) is -0.983. The average Bonchev–Trinajstić information content (AvgIpc) is 2.58. The fourth-order valence-corrected chi connectivity index (χ4v) is 1.80. The van der Waals surface area contributed by atoms with Gasteiger partial charge >= 0.3 is 12.1 Å². The third kappa shape index (κ3) is 3.47. The Morgan fingerprint density at radius 2 is 2.06 bits per heavy atom. The molecule has 0 bridgehead atoms. The first-order chi connectivity index (χ1) is 7.74. The van der Waals surface area contributed by atoms with Crippen LogP contribution in [0.15, 0.2) is 12.7 Å². The van der Waals surface area contributed by atoms with Crippen LogP contribution in [0.1, 0.15) is 27.2 Å². The highest BCUT2D eigenvalue weighted by molar-refractivity contribution is 5.81. The van der Waals surface area contributed by atoms with Crippen LogP contribution in [0.3, 0.4) is 0 Å². The van der Waals surface area contributed by atoms with E-state index in [2.05, 4.69) is 6.58 Å². The fraction of sp³-hybridized carbons (Fsp3) is 0.667. The smallest absolute Gasteiger partial charge is 0.411 e. The van der Waals surface area contributed by atoms with Crippen molar-refractivity contribution in [3.8, 4) is 0 Å². The number of hydrogen-bond acceptors (Lipinski definition) is 3. The highest BCUT2D eigenvalue weighted by Crippen LogP contribution is 2.26. The van der Waals surface area contributed by atoms with Crippen molar-refractivity contribution in [3.05, 3.63) is 12.7 Å². The van der Waals surface area contributed by atoms with Crippen molar-refractivity contribution >= 4 is 12.1 Å². The van der Waals surface area contributed by atoms with E-state index in [4.69, 9.17) is 9.84 Å². The lowest BCUT2D eigenvalue weighted by Gasteiger charge is -2.26. The SMILES string of the molecule is C=CC1C[C@@H](C(=O)O)N(C(=O)OC(C)(C)C)C1. The minimum absolute atomic E-state index is 0.0172. The van der Waals surface area contributed by atoms with E-state index in [9.17, 15) is 9.59 Å². The van der Waals surface area contributed by atoms with Gasteiger partial charge in [-0.3, -0.25) is 4.90 Å². The molecule has 2 atom stereocenters. The monoisotopic (exact) mass is 241 g/mol. The highest BCUT2D eigenvalue weighted by atomic mass is 16.6. The predicted molar refractivity (Wildman–Crippen MR) is 62.7 cm³/mol. The van der Waals surface area contributed by atoms with Gasteiger partial charge in [0.05, 0.1) is 0 Å². The number of carboxylic acids is 1. The van der Waals surface area contributed by atoms with E-state index < -0.39 is 23.7 Å². The van der Waals surface area contributed by atoms with E-state index in [0.29, 0.717) is 13.0 Å². The van der Waals surface area contributed by atoms with Crippen LogP contribution in [-0.4, -0.2) is 40.3 Å². The van der Waals surface area contributed by atoms with Gasteiger partial charge in [0.15, 0.2) is 0 Å². The van der Waals surface area contributed by atoms with Gasteiger partial charge < -0.3 is 9.84 Å². The summed E-state index contributed by atoms with van der Waals surface area (Å²) in [7, 11) is 0. The molecule has 5 nitrogen and oxygen atoms in total. The van der Waals surface area contributed by atoms with E-state index >= 15 is 0 Å². The highest BCUT2D eigenvalue weighted by Gasteiger charge is 2.40. The lowest BCUT2D eigenvalue weighted by Crippen LogP contribution is -2.43. The van der Waals surface area contributed by atoms with Gasteiger partial charge in [-0.2, -0.15) is 0 Å². The van der Waals surface area contributed by atoms with Crippen LogP contribution in [0.5, 0.6) is 0 Å². The van der Waals surface area contributed by atoms with Crippen LogP contribution < -0.4 is 0 Å². The van der Waals surface area contributed by atoms with Crippen molar-refractivity contribution < 1.29 is 19.4 Å². The molecule has 1 aliphatic heterocycles. The summed E-state index contributed by atoms with van der Waals surface area (Å²) in [5, 5.41) is 9.06. The maximum Gasteiger partial charge on any atom is 0.411 e. The maximum atomic E-state index is 11.8. The van der Waals surface area contributed by atoms with Gasteiger partial charge in [-0.05, 0) is 33.1 Å². The van der Waals surface area contributed by atoms with Gasteiger partial charge in [0.1, 0.15) is 11.6 Å². The molecular formula is C12H19NO4. The van der Waals surface area contributed by atoms with Crippen LogP contribution in [0, 0.1) is 5.92 Å². The number of carbonyl (C=O) groups is 2. The minimum atomic E-state index is -1.000. The summed E-state index contributed by atoms with van der Waals surface area (Å²) in [6, 6.07) is -0.812. The van der Waals surface area contributed by atoms with Crippen molar-refractivity contribution in [1.82, 2.24) is 4.90 Å². The molecule has 1 saturated heterocycles. The summed E-state index contributed by atoms with van der Waals surface area (Å²) in [6.45, 7) is 9.24. The molecule has 5 heteroatoms. The fourth-order valence-electron chi connectivity index (χ4n) is 1.80. The second-order valence-corrected chi connectivity index (χ2v) is 5.22. The van der Waals surface area contributed by atoms with E-state index in [1.165, 1.54) is 4.90 Å². The molecule has 96 valence electrons. The van der Waals surface area contributed by atoms with Crippen molar-refractivity contribution in [2.75, 3.05) is 6.54 Å². The lowest BCUT2D eigenvalue weighted by molar-refractivity contribution is -0.142. The largest absolute Gasteiger partial charge is 0.480 e. The third-order valence-electron chi connectivity index (χ3n) is 2.58. The molecule has 0 saturated carbocycles. The molecule has 0 aliphatic carbocycles. The zero-order chi connectivity index (χ0) is 13.2. The molecule has 17 heavy (non-hydrogen) atoms. The van der Waals surface area contributed by atoms with Gasteiger partial charge in [0.25, 0.3) is 0 Å². The molecule has 1 rings (SSSR count). The Balaban J connectivity index is 2.77. The van der Waals surface area contributed by atoms with Crippen molar-refractivity contribution in [2.45, 2.75) is 38.8 Å². The molecule has 1 unspecified atom stereocenters. The maximum absolute atomic E-state index is 11.8. The van der Waals surface area contributed by atoms with Crippen molar-refractivity contribution in [2.24, 2.45) is 5.92 Å². The first-order valence-electron chi connectivity index (χ1n) is 5.59. The van der Waals surface area contributed by atoms with Gasteiger partial charge in [-0.25, -0.2) is 9.59 Å². The Hall–Kier alpha value is -1.52. The van der Waals surface area contributed by atoms with Gasteiger partial charge in [0.2, 0.25) is 0 Å². The molecule has 1 heterocycles. The Kier molecular flexibility index (Phi) is 3.80. The van der Waals surface area contributed by atoms with E-state index in [-0.39, 0.29) is 5.92 Å². The van der Waals surface area contributed by atoms with Crippen LogP contribution in [0.25, 0.3) is 0 Å². The topological polar surface area (TPSA) is 66.8 Å². The second-order valence-electron chi connectivity index (χ2n) is 5.22. The first-order valence-corrected chi connectivity index (χ1v) is 5.59. The quantitative estimate of drug-likeness (QED) is 0.749. The molecule has 1 amide bonds. The number of aliphatic carboxylic acids is 1. The summed E-state index contributed by atoms with van der Waals surface area (Å²) >= 11 is 0. The lowest BCUT2D eigenvalue weighted by atomic mass is 10.1. The predicted octanol–water partition coefficient (Wildman–Crippen LogP) is 1.88. The molecule has 0 aromatic heterocycles. The number of likely N-dealkylation sites (tertiary alicyclic amines) is 1. The van der Waals surface area contributed by atoms with Crippen LogP contribution in [0.2, 0.25) is 0 Å². The van der Waals surface area contributed by atoms with Crippen LogP contribution >= 0.6 is 0 Å². The minimum Gasteiger partial charge on any atom is -0.480 e. The van der Waals surface area contributed by atoms with Crippen molar-refractivity contribution in [1.29, 1.82) is 0 Å². The van der Waals surface area contributed by atoms with Crippen molar-refractivity contribution in [3.63, 3.8) is 0 Å². The number of hydrogen-bond donors (Lipinski definition) is 1. The normalized spacial score (nSPS) is 24.5. The zero-order valence-corrected chi connectivity index (χ0v) is 10.5. The number of rotatable bonds is 2.